The Morgan fingerprint density at radius 2 is 2.26 bits per heavy atom. The first-order valence-corrected chi connectivity index (χ1v) is 7.53. The quantitative estimate of drug-likeness (QED) is 0.794. The molecule has 0 radical (unpaired) electrons. The van der Waals surface area contributed by atoms with Gasteiger partial charge in [0.1, 0.15) is 11.9 Å². The Morgan fingerprint density at radius 1 is 1.37 bits per heavy atom. The van der Waals surface area contributed by atoms with Crippen LogP contribution in [0.1, 0.15) is 25.5 Å². The lowest BCUT2D eigenvalue weighted by Gasteiger charge is -2.22. The van der Waals surface area contributed by atoms with E-state index in [1.807, 2.05) is 35.1 Å². The molecule has 1 fully saturated rings. The summed E-state index contributed by atoms with van der Waals surface area (Å²) in [5, 5.41) is 5.35. The van der Waals surface area contributed by atoms with Crippen molar-refractivity contribution in [1.29, 1.82) is 0 Å². The summed E-state index contributed by atoms with van der Waals surface area (Å²) >= 11 is 9.59. The molecule has 0 bridgehead atoms. The van der Waals surface area contributed by atoms with Gasteiger partial charge in [-0.15, -0.1) is 0 Å². The minimum atomic E-state index is 0.0537. The van der Waals surface area contributed by atoms with Crippen molar-refractivity contribution >= 4 is 27.5 Å². The van der Waals surface area contributed by atoms with E-state index in [2.05, 4.69) is 21.0 Å². The van der Waals surface area contributed by atoms with Crippen LogP contribution in [0.4, 0.5) is 0 Å². The van der Waals surface area contributed by atoms with E-state index >= 15 is 0 Å². The van der Waals surface area contributed by atoms with Gasteiger partial charge in [-0.05, 0) is 47.3 Å². The fraction of sp³-hybridized carbons (Fsp3) is 0.357. The van der Waals surface area contributed by atoms with Gasteiger partial charge < -0.3 is 4.74 Å². The molecule has 0 spiro atoms. The summed E-state index contributed by atoms with van der Waals surface area (Å²) in [5.74, 6) is 0. The average Bonchev–Trinajstić information content (AvgIpc) is 2.82. The Kier molecular flexibility index (Phi) is 3.91. The third-order valence-electron chi connectivity index (χ3n) is 3.24. The summed E-state index contributed by atoms with van der Waals surface area (Å²) in [4.78, 5) is 0. The maximum atomic E-state index is 6.03. The van der Waals surface area contributed by atoms with Gasteiger partial charge in [0.2, 0.25) is 0 Å². The molecule has 0 saturated carbocycles. The molecule has 3 nitrogen and oxygen atoms in total. The van der Waals surface area contributed by atoms with E-state index in [1.54, 1.807) is 0 Å². The van der Waals surface area contributed by atoms with Crippen molar-refractivity contribution in [1.82, 2.24) is 9.78 Å². The van der Waals surface area contributed by atoms with Crippen molar-refractivity contribution in [3.63, 3.8) is 0 Å². The Bertz CT molecular complexity index is 579. The zero-order valence-electron chi connectivity index (χ0n) is 10.4. The van der Waals surface area contributed by atoms with Crippen LogP contribution in [0, 0.1) is 0 Å². The Labute approximate surface area is 125 Å². The summed E-state index contributed by atoms with van der Waals surface area (Å²) < 4.78 is 8.61. The first-order valence-electron chi connectivity index (χ1n) is 6.36. The van der Waals surface area contributed by atoms with Gasteiger partial charge >= 0.3 is 0 Å². The molecule has 0 N–H and O–H groups in total. The second kappa shape index (κ2) is 5.65. The normalized spacial score (nSPS) is 19.6. The molecular formula is C14H14BrClN2O. The van der Waals surface area contributed by atoms with E-state index in [0.717, 1.165) is 35.2 Å². The van der Waals surface area contributed by atoms with Crippen LogP contribution in [0.2, 0.25) is 5.02 Å². The van der Waals surface area contributed by atoms with Crippen LogP contribution < -0.4 is 0 Å². The number of nitrogens with zero attached hydrogens (tertiary/aromatic N) is 2. The van der Waals surface area contributed by atoms with Gasteiger partial charge in [0.15, 0.2) is 0 Å². The molecule has 1 aromatic carbocycles. The second-order valence-corrected chi connectivity index (χ2v) is 5.93. The topological polar surface area (TPSA) is 27.1 Å². The third kappa shape index (κ3) is 2.86. The van der Waals surface area contributed by atoms with Gasteiger partial charge in [0.05, 0.1) is 4.47 Å². The van der Waals surface area contributed by atoms with E-state index in [-0.39, 0.29) is 6.23 Å². The predicted octanol–water partition coefficient (Wildman–Crippen LogP) is 4.67. The minimum Gasteiger partial charge on any atom is -0.357 e. The fourth-order valence-corrected chi connectivity index (χ4v) is 2.99. The van der Waals surface area contributed by atoms with Crippen LogP contribution in [0.25, 0.3) is 11.3 Å². The van der Waals surface area contributed by atoms with Gasteiger partial charge in [-0.2, -0.15) is 5.10 Å². The molecule has 2 heterocycles. The zero-order valence-corrected chi connectivity index (χ0v) is 12.7. The molecule has 2 aromatic rings. The molecule has 1 aromatic heterocycles. The molecule has 1 atom stereocenters. The first-order chi connectivity index (χ1) is 9.24. The number of benzene rings is 1. The zero-order chi connectivity index (χ0) is 13.2. The van der Waals surface area contributed by atoms with Gasteiger partial charge in [-0.3, -0.25) is 0 Å². The van der Waals surface area contributed by atoms with Crippen molar-refractivity contribution in [3.8, 4) is 11.3 Å². The monoisotopic (exact) mass is 340 g/mol. The van der Waals surface area contributed by atoms with Crippen molar-refractivity contribution in [2.24, 2.45) is 0 Å². The van der Waals surface area contributed by atoms with Gasteiger partial charge in [-0.25, -0.2) is 4.68 Å². The third-order valence-corrected chi connectivity index (χ3v) is 4.05. The van der Waals surface area contributed by atoms with Crippen LogP contribution in [0.15, 0.2) is 34.9 Å². The Hall–Kier alpha value is -0.840. The van der Waals surface area contributed by atoms with Crippen molar-refractivity contribution < 1.29 is 4.74 Å². The lowest BCUT2D eigenvalue weighted by atomic mass is 10.2. The molecular weight excluding hydrogens is 328 g/mol. The van der Waals surface area contributed by atoms with Gasteiger partial charge in [0, 0.05) is 23.4 Å². The number of halogens is 2. The Morgan fingerprint density at radius 3 is 3.00 bits per heavy atom. The van der Waals surface area contributed by atoms with Crippen molar-refractivity contribution in [2.75, 3.05) is 6.61 Å². The molecule has 1 saturated heterocycles. The molecule has 1 aliphatic heterocycles. The standard InChI is InChI=1S/C14H14BrClN2O/c15-12-9-18(13-6-1-2-7-19-13)17-14(12)10-4-3-5-11(16)8-10/h3-5,8-9,13H,1-2,6-7H2. The summed E-state index contributed by atoms with van der Waals surface area (Å²) in [5.41, 5.74) is 1.91. The lowest BCUT2D eigenvalue weighted by Crippen LogP contribution is -2.18. The van der Waals surface area contributed by atoms with Crippen LogP contribution in [0.5, 0.6) is 0 Å². The fourth-order valence-electron chi connectivity index (χ4n) is 2.28. The van der Waals surface area contributed by atoms with E-state index in [1.165, 1.54) is 6.42 Å². The van der Waals surface area contributed by atoms with Crippen molar-refractivity contribution in [3.05, 3.63) is 40.0 Å². The van der Waals surface area contributed by atoms with Gasteiger partial charge in [0.25, 0.3) is 0 Å². The number of hydrogen-bond donors (Lipinski definition) is 0. The molecule has 1 aliphatic rings. The van der Waals surface area contributed by atoms with Crippen LogP contribution >= 0.6 is 27.5 Å². The van der Waals surface area contributed by atoms with E-state index < -0.39 is 0 Å². The lowest BCUT2D eigenvalue weighted by molar-refractivity contribution is -0.0393. The molecule has 0 aliphatic carbocycles. The van der Waals surface area contributed by atoms with Crippen molar-refractivity contribution in [2.45, 2.75) is 25.5 Å². The molecule has 100 valence electrons. The second-order valence-electron chi connectivity index (χ2n) is 4.64. The summed E-state index contributed by atoms with van der Waals surface area (Å²) in [6.45, 7) is 0.814. The maximum Gasteiger partial charge on any atom is 0.150 e. The smallest absolute Gasteiger partial charge is 0.150 e. The number of ether oxygens (including phenoxy) is 1. The number of hydrogen-bond acceptors (Lipinski definition) is 2. The highest BCUT2D eigenvalue weighted by atomic mass is 79.9. The van der Waals surface area contributed by atoms with Gasteiger partial charge in [-0.1, -0.05) is 23.7 Å². The largest absolute Gasteiger partial charge is 0.357 e. The number of rotatable bonds is 2. The van der Waals surface area contributed by atoms with E-state index in [9.17, 15) is 0 Å². The highest BCUT2D eigenvalue weighted by Gasteiger charge is 2.19. The molecule has 0 amide bonds. The molecule has 5 heteroatoms. The summed E-state index contributed by atoms with van der Waals surface area (Å²) in [6, 6.07) is 7.71. The average molecular weight is 342 g/mol. The summed E-state index contributed by atoms with van der Waals surface area (Å²) in [7, 11) is 0. The first kappa shape index (κ1) is 13.2. The SMILES string of the molecule is Clc1cccc(-c2nn(C3CCCCO3)cc2Br)c1. The predicted molar refractivity (Wildman–Crippen MR) is 79.2 cm³/mol. The molecule has 1 unspecified atom stereocenters. The van der Waals surface area contributed by atoms with Crippen LogP contribution in [0.3, 0.4) is 0 Å². The van der Waals surface area contributed by atoms with E-state index in [0.29, 0.717) is 5.02 Å². The van der Waals surface area contributed by atoms with Crippen LogP contribution in [-0.4, -0.2) is 16.4 Å². The maximum absolute atomic E-state index is 6.03. The molecule has 3 rings (SSSR count). The highest BCUT2D eigenvalue weighted by molar-refractivity contribution is 9.10. The van der Waals surface area contributed by atoms with E-state index in [4.69, 9.17) is 16.3 Å². The Balaban J connectivity index is 1.92. The molecule has 19 heavy (non-hydrogen) atoms. The number of aromatic nitrogens is 2. The summed E-state index contributed by atoms with van der Waals surface area (Å²) in [6.07, 6.45) is 5.38. The van der Waals surface area contributed by atoms with Crippen LogP contribution in [-0.2, 0) is 4.74 Å². The highest BCUT2D eigenvalue weighted by Crippen LogP contribution is 2.31. The minimum absolute atomic E-state index is 0.0537.